The van der Waals surface area contributed by atoms with E-state index < -0.39 is 27.7 Å². The molecule has 2 N–H and O–H groups in total. The number of aromatic nitrogens is 1. The summed E-state index contributed by atoms with van der Waals surface area (Å²) < 4.78 is 56.5. The van der Waals surface area contributed by atoms with Crippen molar-refractivity contribution >= 4 is 34.0 Å². The maximum atomic E-state index is 15.7. The lowest BCUT2D eigenvalue weighted by atomic mass is 9.99. The van der Waals surface area contributed by atoms with Crippen molar-refractivity contribution in [1.29, 1.82) is 0 Å². The van der Waals surface area contributed by atoms with E-state index in [0.717, 1.165) is 0 Å². The minimum Gasteiger partial charge on any atom is -0.598 e. The maximum Gasteiger partial charge on any atom is 0.310 e. The molecule has 2 heterocycles. The highest BCUT2D eigenvalue weighted by atomic mass is 32.2. The number of hydrogen-bond donors (Lipinski definition) is 2. The lowest BCUT2D eigenvalue weighted by molar-refractivity contribution is -0.142. The minimum absolute atomic E-state index is 0.0439. The third-order valence-electron chi connectivity index (χ3n) is 6.05. The molecule has 39 heavy (non-hydrogen) atoms. The summed E-state index contributed by atoms with van der Waals surface area (Å²) in [5.41, 5.74) is 2.51. The first-order valence-electron chi connectivity index (χ1n) is 12.5. The van der Waals surface area contributed by atoms with Gasteiger partial charge in [0.15, 0.2) is 5.82 Å². The van der Waals surface area contributed by atoms with E-state index in [9.17, 15) is 9.35 Å². The first kappa shape index (κ1) is 28.5. The van der Waals surface area contributed by atoms with Crippen molar-refractivity contribution in [3.8, 4) is 11.1 Å². The summed E-state index contributed by atoms with van der Waals surface area (Å²) in [5, 5.41) is 3.41. The smallest absolute Gasteiger partial charge is 0.310 e. The fraction of sp³-hybridized carbons (Fsp3) is 0.310. The van der Waals surface area contributed by atoms with E-state index in [-0.39, 0.29) is 59.9 Å². The molecule has 2 aromatic carbocycles. The van der Waals surface area contributed by atoms with E-state index in [1.165, 1.54) is 24.6 Å². The SMILES string of the molecule is CCOC(=O)Cc1ccccc1NCc1cc(-c2ccnc(CN[S@@+]([O-])C(C)(C)C)c2F)c2occc2c1F. The summed E-state index contributed by atoms with van der Waals surface area (Å²) in [5.74, 6) is -1.46. The number of para-hydroxylation sites is 1. The Labute approximate surface area is 229 Å². The van der Waals surface area contributed by atoms with Gasteiger partial charge in [0.25, 0.3) is 0 Å². The molecule has 0 bridgehead atoms. The van der Waals surface area contributed by atoms with Crippen LogP contribution in [-0.2, 0) is 40.4 Å². The van der Waals surface area contributed by atoms with Crippen molar-refractivity contribution in [2.24, 2.45) is 0 Å². The van der Waals surface area contributed by atoms with Crippen LogP contribution in [-0.4, -0.2) is 26.9 Å². The van der Waals surface area contributed by atoms with Crippen LogP contribution in [0.2, 0.25) is 0 Å². The Morgan fingerprint density at radius 3 is 2.59 bits per heavy atom. The number of ether oxygens (including phenoxy) is 1. The van der Waals surface area contributed by atoms with Crippen LogP contribution in [0.25, 0.3) is 22.1 Å². The Bertz CT molecular complexity index is 1470. The fourth-order valence-corrected chi connectivity index (χ4v) is 4.77. The van der Waals surface area contributed by atoms with Gasteiger partial charge < -0.3 is 19.0 Å². The van der Waals surface area contributed by atoms with Crippen LogP contribution in [0.1, 0.15) is 44.5 Å². The molecule has 0 aliphatic carbocycles. The quantitative estimate of drug-likeness (QED) is 0.182. The molecule has 7 nitrogen and oxygen atoms in total. The van der Waals surface area contributed by atoms with Gasteiger partial charge in [-0.15, -0.1) is 4.72 Å². The summed E-state index contributed by atoms with van der Waals surface area (Å²) in [6.07, 6.45) is 2.89. The molecule has 4 rings (SSSR count). The number of nitrogens with zero attached hydrogens (tertiary/aromatic N) is 1. The molecule has 0 spiro atoms. The van der Waals surface area contributed by atoms with Crippen LogP contribution in [0.4, 0.5) is 14.5 Å². The normalized spacial score (nSPS) is 12.5. The highest BCUT2D eigenvalue weighted by Crippen LogP contribution is 2.35. The number of pyridine rings is 1. The van der Waals surface area contributed by atoms with Crippen molar-refractivity contribution in [2.45, 2.75) is 52.0 Å². The van der Waals surface area contributed by atoms with Crippen molar-refractivity contribution in [2.75, 3.05) is 11.9 Å². The van der Waals surface area contributed by atoms with Gasteiger partial charge in [0.2, 0.25) is 0 Å². The van der Waals surface area contributed by atoms with Gasteiger partial charge in [0.1, 0.15) is 16.1 Å². The predicted octanol–water partition coefficient (Wildman–Crippen LogP) is 6.04. The number of carbonyl (C=O) groups is 1. The third-order valence-corrected chi connectivity index (χ3v) is 7.57. The lowest BCUT2D eigenvalue weighted by Crippen LogP contribution is -2.39. The number of halogens is 2. The Balaban J connectivity index is 1.65. The molecule has 0 saturated heterocycles. The lowest BCUT2D eigenvalue weighted by Gasteiger charge is -2.23. The predicted molar refractivity (Wildman–Crippen MR) is 148 cm³/mol. The second-order valence-corrected chi connectivity index (χ2v) is 11.9. The second-order valence-electron chi connectivity index (χ2n) is 9.87. The third kappa shape index (κ3) is 6.58. The number of esters is 1. The van der Waals surface area contributed by atoms with Crippen LogP contribution in [0.5, 0.6) is 0 Å². The maximum absolute atomic E-state index is 15.7. The molecule has 0 unspecified atom stereocenters. The highest BCUT2D eigenvalue weighted by Gasteiger charge is 2.27. The summed E-state index contributed by atoms with van der Waals surface area (Å²) in [6.45, 7) is 7.49. The van der Waals surface area contributed by atoms with E-state index in [4.69, 9.17) is 9.15 Å². The van der Waals surface area contributed by atoms with Gasteiger partial charge in [-0.1, -0.05) is 18.2 Å². The number of carbonyl (C=O) groups excluding carboxylic acids is 1. The number of benzene rings is 2. The number of nitrogens with one attached hydrogen (secondary N) is 2. The summed E-state index contributed by atoms with van der Waals surface area (Å²) >= 11 is -1.41. The molecular formula is C29H31F2N3O4S. The molecule has 0 fully saturated rings. The van der Waals surface area contributed by atoms with Crippen LogP contribution in [0.15, 0.2) is 59.3 Å². The number of fused-ring (bicyclic) bond motifs is 1. The van der Waals surface area contributed by atoms with Gasteiger partial charge >= 0.3 is 5.97 Å². The molecule has 10 heteroatoms. The number of anilines is 1. The molecule has 0 amide bonds. The first-order valence-corrected chi connectivity index (χ1v) is 13.7. The van der Waals surface area contributed by atoms with Crippen molar-refractivity contribution in [1.82, 2.24) is 9.71 Å². The Hall–Kier alpha value is -3.47. The number of rotatable bonds is 10. The Morgan fingerprint density at radius 1 is 1.08 bits per heavy atom. The average Bonchev–Trinajstić information content (AvgIpc) is 3.39. The topological polar surface area (TPSA) is 99.5 Å². The summed E-state index contributed by atoms with van der Waals surface area (Å²) in [7, 11) is 0. The van der Waals surface area contributed by atoms with Gasteiger partial charge in [-0.25, -0.2) is 8.78 Å². The van der Waals surface area contributed by atoms with Crippen molar-refractivity contribution < 1.29 is 27.3 Å². The molecule has 0 aliphatic rings. The van der Waals surface area contributed by atoms with Gasteiger partial charge in [-0.2, -0.15) is 0 Å². The number of hydrogen-bond acceptors (Lipinski definition) is 7. The Morgan fingerprint density at radius 2 is 1.85 bits per heavy atom. The van der Waals surface area contributed by atoms with Crippen LogP contribution >= 0.6 is 0 Å². The summed E-state index contributed by atoms with van der Waals surface area (Å²) in [4.78, 5) is 16.1. The van der Waals surface area contributed by atoms with Gasteiger partial charge in [-0.05, 0) is 57.5 Å². The zero-order valence-electron chi connectivity index (χ0n) is 22.3. The monoisotopic (exact) mass is 555 g/mol. The fourth-order valence-electron chi connectivity index (χ4n) is 4.07. The van der Waals surface area contributed by atoms with Crippen LogP contribution in [0.3, 0.4) is 0 Å². The average molecular weight is 556 g/mol. The molecule has 2 aromatic heterocycles. The van der Waals surface area contributed by atoms with Crippen molar-refractivity contribution in [3.63, 3.8) is 0 Å². The van der Waals surface area contributed by atoms with Crippen molar-refractivity contribution in [3.05, 3.63) is 83.4 Å². The molecule has 0 radical (unpaired) electrons. The van der Waals surface area contributed by atoms with Crippen LogP contribution < -0.4 is 10.0 Å². The van der Waals surface area contributed by atoms with Gasteiger partial charge in [-0.3, -0.25) is 9.78 Å². The molecular weight excluding hydrogens is 524 g/mol. The van der Waals surface area contributed by atoms with E-state index in [1.807, 2.05) is 32.9 Å². The standard InChI is InChI=1S/C29H31F2N3O4S/c1-5-37-25(35)15-18-8-6-7-9-23(18)33-16-19-14-22(28-21(26(19)30)11-13-38-28)20-10-12-32-24(27(20)31)17-34-39(36)29(2,3)4/h6-14,33-34H,5,15-17H2,1-4H3/t39-/m0/s1. The first-order chi connectivity index (χ1) is 18.6. The largest absolute Gasteiger partial charge is 0.598 e. The molecule has 1 atom stereocenters. The van der Waals surface area contributed by atoms with Gasteiger partial charge in [0.05, 0.1) is 36.9 Å². The zero-order chi connectivity index (χ0) is 28.2. The highest BCUT2D eigenvalue weighted by molar-refractivity contribution is 7.90. The zero-order valence-corrected chi connectivity index (χ0v) is 23.1. The Kier molecular flexibility index (Phi) is 8.89. The minimum atomic E-state index is -1.41. The number of furan rings is 1. The molecule has 206 valence electrons. The van der Waals surface area contributed by atoms with E-state index in [0.29, 0.717) is 16.8 Å². The van der Waals surface area contributed by atoms with E-state index >= 15 is 8.78 Å². The van der Waals surface area contributed by atoms with E-state index in [2.05, 4.69) is 15.0 Å². The molecule has 0 saturated carbocycles. The summed E-state index contributed by atoms with van der Waals surface area (Å²) in [6, 6.07) is 11.8. The molecule has 4 aromatic rings. The molecule has 0 aliphatic heterocycles. The van der Waals surface area contributed by atoms with Gasteiger partial charge in [0, 0.05) is 46.5 Å². The van der Waals surface area contributed by atoms with Crippen LogP contribution in [0, 0.1) is 11.6 Å². The van der Waals surface area contributed by atoms with E-state index in [1.54, 1.807) is 25.1 Å². The second kappa shape index (κ2) is 12.1.